The van der Waals surface area contributed by atoms with Crippen LogP contribution in [0.1, 0.15) is 5.56 Å². The Hall–Kier alpha value is -0.810. The van der Waals surface area contributed by atoms with Crippen molar-refractivity contribution in [1.29, 1.82) is 0 Å². The van der Waals surface area contributed by atoms with E-state index >= 15 is 0 Å². The van der Waals surface area contributed by atoms with Crippen molar-refractivity contribution in [2.24, 2.45) is 0 Å². The van der Waals surface area contributed by atoms with E-state index in [9.17, 15) is 0 Å². The fourth-order valence-electron chi connectivity index (χ4n) is 2.11. The molecular formula is C14H21ClN2O2. The summed E-state index contributed by atoms with van der Waals surface area (Å²) in [6.07, 6.45) is 0. The molecule has 5 heteroatoms. The predicted molar refractivity (Wildman–Crippen MR) is 77.0 cm³/mol. The maximum Gasteiger partial charge on any atom is 0.137 e. The number of nitrogens with one attached hydrogen (secondary N) is 1. The van der Waals surface area contributed by atoms with Crippen LogP contribution in [0.2, 0.25) is 5.02 Å². The van der Waals surface area contributed by atoms with Gasteiger partial charge in [-0.25, -0.2) is 0 Å². The van der Waals surface area contributed by atoms with Gasteiger partial charge in [-0.05, 0) is 17.7 Å². The normalized spacial score (nSPS) is 16.5. The zero-order chi connectivity index (χ0) is 13.5. The third-order valence-corrected chi connectivity index (χ3v) is 3.55. The third kappa shape index (κ3) is 4.66. The molecule has 1 aromatic rings. The number of ether oxygens (including phenoxy) is 2. The van der Waals surface area contributed by atoms with Crippen LogP contribution in [0.25, 0.3) is 0 Å². The van der Waals surface area contributed by atoms with Gasteiger partial charge in [-0.1, -0.05) is 17.7 Å². The number of halogens is 1. The fraction of sp³-hybridized carbons (Fsp3) is 0.571. The van der Waals surface area contributed by atoms with Crippen molar-refractivity contribution in [3.05, 3.63) is 28.8 Å². The summed E-state index contributed by atoms with van der Waals surface area (Å²) in [5.41, 5.74) is 1.17. The van der Waals surface area contributed by atoms with E-state index in [1.807, 2.05) is 18.2 Å². The Morgan fingerprint density at radius 1 is 1.37 bits per heavy atom. The van der Waals surface area contributed by atoms with Crippen molar-refractivity contribution in [3.8, 4) is 5.75 Å². The average molecular weight is 285 g/mol. The Labute approximate surface area is 119 Å². The lowest BCUT2D eigenvalue weighted by Crippen LogP contribution is -2.40. The Balaban J connectivity index is 1.69. The Morgan fingerprint density at radius 3 is 2.84 bits per heavy atom. The zero-order valence-corrected chi connectivity index (χ0v) is 12.1. The van der Waals surface area contributed by atoms with Gasteiger partial charge in [-0.3, -0.25) is 4.90 Å². The van der Waals surface area contributed by atoms with E-state index in [0.717, 1.165) is 51.7 Å². The Kier molecular flexibility index (Phi) is 5.92. The first-order valence-electron chi connectivity index (χ1n) is 6.63. The third-order valence-electron chi connectivity index (χ3n) is 3.25. The number of rotatable bonds is 6. The van der Waals surface area contributed by atoms with Crippen LogP contribution in [0.15, 0.2) is 18.2 Å². The minimum atomic E-state index is 0.662. The number of morpholine rings is 1. The summed E-state index contributed by atoms with van der Waals surface area (Å²) in [5, 5.41) is 4.09. The number of methoxy groups -OCH3 is 1. The quantitative estimate of drug-likeness (QED) is 0.808. The topological polar surface area (TPSA) is 33.7 Å². The summed E-state index contributed by atoms with van der Waals surface area (Å²) in [5.74, 6) is 0.721. The molecule has 106 valence electrons. The lowest BCUT2D eigenvalue weighted by Gasteiger charge is -2.26. The molecule has 1 N–H and O–H groups in total. The largest absolute Gasteiger partial charge is 0.495 e. The van der Waals surface area contributed by atoms with Crippen molar-refractivity contribution >= 4 is 11.6 Å². The molecule has 1 aromatic carbocycles. The van der Waals surface area contributed by atoms with Crippen LogP contribution in [-0.4, -0.2) is 51.4 Å². The second-order valence-corrected chi connectivity index (χ2v) is 5.01. The maximum atomic E-state index is 6.09. The Morgan fingerprint density at radius 2 is 2.16 bits per heavy atom. The van der Waals surface area contributed by atoms with Crippen LogP contribution in [0.3, 0.4) is 0 Å². The molecule has 0 radical (unpaired) electrons. The zero-order valence-electron chi connectivity index (χ0n) is 11.3. The van der Waals surface area contributed by atoms with Crippen molar-refractivity contribution in [1.82, 2.24) is 10.2 Å². The van der Waals surface area contributed by atoms with Gasteiger partial charge in [-0.2, -0.15) is 0 Å². The number of hydrogen-bond donors (Lipinski definition) is 1. The van der Waals surface area contributed by atoms with Gasteiger partial charge in [0.15, 0.2) is 0 Å². The highest BCUT2D eigenvalue weighted by atomic mass is 35.5. The minimum Gasteiger partial charge on any atom is -0.495 e. The van der Waals surface area contributed by atoms with Crippen LogP contribution in [0.5, 0.6) is 5.75 Å². The second-order valence-electron chi connectivity index (χ2n) is 4.60. The highest BCUT2D eigenvalue weighted by molar-refractivity contribution is 6.32. The van der Waals surface area contributed by atoms with Crippen LogP contribution < -0.4 is 10.1 Å². The summed E-state index contributed by atoms with van der Waals surface area (Å²) in [7, 11) is 1.63. The molecule has 0 spiro atoms. The number of benzene rings is 1. The molecule has 1 aliphatic heterocycles. The molecular weight excluding hydrogens is 264 g/mol. The molecule has 1 saturated heterocycles. The smallest absolute Gasteiger partial charge is 0.137 e. The van der Waals surface area contributed by atoms with Gasteiger partial charge in [-0.15, -0.1) is 0 Å². The summed E-state index contributed by atoms with van der Waals surface area (Å²) in [6.45, 7) is 6.65. The van der Waals surface area contributed by atoms with E-state index in [1.165, 1.54) is 5.56 Å². The summed E-state index contributed by atoms with van der Waals surface area (Å²) < 4.78 is 10.5. The Bertz CT molecular complexity index is 395. The fourth-order valence-corrected chi connectivity index (χ4v) is 2.39. The maximum absolute atomic E-state index is 6.09. The van der Waals surface area contributed by atoms with E-state index in [0.29, 0.717) is 5.02 Å². The molecule has 0 atom stereocenters. The van der Waals surface area contributed by atoms with E-state index in [2.05, 4.69) is 10.2 Å². The lowest BCUT2D eigenvalue weighted by molar-refractivity contribution is 0.0384. The average Bonchev–Trinajstić information content (AvgIpc) is 2.45. The highest BCUT2D eigenvalue weighted by Crippen LogP contribution is 2.24. The first-order valence-corrected chi connectivity index (χ1v) is 7.00. The lowest BCUT2D eigenvalue weighted by atomic mass is 10.2. The van der Waals surface area contributed by atoms with Gasteiger partial charge in [0, 0.05) is 32.7 Å². The first kappa shape index (κ1) is 14.6. The molecule has 1 fully saturated rings. The molecule has 1 heterocycles. The van der Waals surface area contributed by atoms with Gasteiger partial charge in [0.05, 0.1) is 25.3 Å². The second kappa shape index (κ2) is 7.70. The van der Waals surface area contributed by atoms with Crippen molar-refractivity contribution in [2.45, 2.75) is 6.54 Å². The van der Waals surface area contributed by atoms with Gasteiger partial charge in [0.25, 0.3) is 0 Å². The molecule has 0 saturated carbocycles. The molecule has 1 aliphatic rings. The van der Waals surface area contributed by atoms with Crippen LogP contribution >= 0.6 is 11.6 Å². The van der Waals surface area contributed by atoms with Crippen LogP contribution in [0.4, 0.5) is 0 Å². The molecule has 0 unspecified atom stereocenters. The monoisotopic (exact) mass is 284 g/mol. The van der Waals surface area contributed by atoms with E-state index in [-0.39, 0.29) is 0 Å². The summed E-state index contributed by atoms with van der Waals surface area (Å²) in [6, 6.07) is 5.88. The van der Waals surface area contributed by atoms with E-state index in [4.69, 9.17) is 21.1 Å². The standard InChI is InChI=1S/C14H21ClN2O2/c1-18-14-3-2-12(10-13(14)15)11-16-4-5-17-6-8-19-9-7-17/h2-3,10,16H,4-9,11H2,1H3. The molecule has 19 heavy (non-hydrogen) atoms. The highest BCUT2D eigenvalue weighted by Gasteiger charge is 2.09. The van der Waals surface area contributed by atoms with Gasteiger partial charge in [0.1, 0.15) is 5.75 Å². The van der Waals surface area contributed by atoms with Crippen molar-refractivity contribution in [2.75, 3.05) is 46.5 Å². The first-order chi connectivity index (χ1) is 9.29. The molecule has 0 amide bonds. The SMILES string of the molecule is COc1ccc(CNCCN2CCOCC2)cc1Cl. The molecule has 4 nitrogen and oxygen atoms in total. The number of hydrogen-bond acceptors (Lipinski definition) is 4. The van der Waals surface area contributed by atoms with E-state index < -0.39 is 0 Å². The molecule has 2 rings (SSSR count). The van der Waals surface area contributed by atoms with E-state index in [1.54, 1.807) is 7.11 Å². The molecule has 0 aliphatic carbocycles. The predicted octanol–water partition coefficient (Wildman–Crippen LogP) is 1.77. The van der Waals surface area contributed by atoms with Gasteiger partial charge < -0.3 is 14.8 Å². The van der Waals surface area contributed by atoms with Gasteiger partial charge >= 0.3 is 0 Å². The van der Waals surface area contributed by atoms with Crippen LogP contribution in [-0.2, 0) is 11.3 Å². The van der Waals surface area contributed by atoms with Crippen molar-refractivity contribution < 1.29 is 9.47 Å². The van der Waals surface area contributed by atoms with Crippen LogP contribution in [0, 0.1) is 0 Å². The summed E-state index contributed by atoms with van der Waals surface area (Å²) >= 11 is 6.09. The molecule has 0 bridgehead atoms. The van der Waals surface area contributed by atoms with Crippen molar-refractivity contribution in [3.63, 3.8) is 0 Å². The summed E-state index contributed by atoms with van der Waals surface area (Å²) in [4.78, 5) is 2.41. The minimum absolute atomic E-state index is 0.662. The molecule has 0 aromatic heterocycles. The number of nitrogens with zero attached hydrogens (tertiary/aromatic N) is 1. The van der Waals surface area contributed by atoms with Gasteiger partial charge in [0.2, 0.25) is 0 Å².